The number of benzene rings is 2. The van der Waals surface area contributed by atoms with Crippen LogP contribution in [0.2, 0.25) is 0 Å². The summed E-state index contributed by atoms with van der Waals surface area (Å²) in [6.45, 7) is 4.19. The number of aryl methyl sites for hydroxylation is 1. The van der Waals surface area contributed by atoms with Crippen molar-refractivity contribution in [3.05, 3.63) is 71.5 Å². The van der Waals surface area contributed by atoms with Gasteiger partial charge in [0, 0.05) is 55.3 Å². The van der Waals surface area contributed by atoms with Crippen LogP contribution in [-0.4, -0.2) is 68.2 Å². The van der Waals surface area contributed by atoms with Crippen molar-refractivity contribution in [3.8, 4) is 11.4 Å². The van der Waals surface area contributed by atoms with Gasteiger partial charge in [-0.1, -0.05) is 23.4 Å². The number of hydrogen-bond acceptors (Lipinski definition) is 6. The number of nitrogens with one attached hydrogen (secondary N) is 1. The molecule has 1 atom stereocenters. The highest BCUT2D eigenvalue weighted by atomic mass is 19.1. The molecule has 178 valence electrons. The maximum Gasteiger partial charge on any atom is 0.295 e. The molecule has 1 aliphatic rings. The maximum atomic E-state index is 14.8. The highest BCUT2D eigenvalue weighted by Gasteiger charge is 2.35. The first-order chi connectivity index (χ1) is 16.8. The van der Waals surface area contributed by atoms with Crippen molar-refractivity contribution in [1.82, 2.24) is 24.9 Å². The van der Waals surface area contributed by atoms with Crippen LogP contribution in [0, 0.1) is 12.7 Å². The molecule has 2 aromatic heterocycles. The average molecular weight is 475 g/mol. The van der Waals surface area contributed by atoms with E-state index in [9.17, 15) is 18.8 Å². The third-order valence-electron chi connectivity index (χ3n) is 6.19. The van der Waals surface area contributed by atoms with Crippen LogP contribution in [-0.2, 0) is 4.79 Å². The van der Waals surface area contributed by atoms with Gasteiger partial charge in [-0.3, -0.25) is 14.4 Å². The Bertz CT molecular complexity index is 1440. The Morgan fingerprint density at radius 2 is 1.89 bits per heavy atom. The number of piperazine rings is 1. The predicted octanol–water partition coefficient (Wildman–Crippen LogP) is 3.22. The second-order valence-corrected chi connectivity index (χ2v) is 8.48. The standard InChI is InChI=1S/C25H22FN5O4/c1-14-13-30(24(33)16-6-4-3-5-7-16)10-11-31(14)25(34)22(32)18-12-27-21-17(8-9-19(26)20(18)21)23-28-15(2)35-29-23/h3-9,12,14,27H,10-11,13H2,1-2H3/t14-/m1/s1. The van der Waals surface area contributed by atoms with Gasteiger partial charge in [0.1, 0.15) is 5.82 Å². The van der Waals surface area contributed by atoms with Crippen molar-refractivity contribution in [1.29, 1.82) is 0 Å². The van der Waals surface area contributed by atoms with E-state index in [0.29, 0.717) is 29.1 Å². The summed E-state index contributed by atoms with van der Waals surface area (Å²) in [7, 11) is 0. The first-order valence-corrected chi connectivity index (χ1v) is 11.1. The van der Waals surface area contributed by atoms with Gasteiger partial charge in [0.15, 0.2) is 0 Å². The van der Waals surface area contributed by atoms with Gasteiger partial charge in [-0.2, -0.15) is 4.98 Å². The first kappa shape index (κ1) is 22.5. The summed E-state index contributed by atoms with van der Waals surface area (Å²) < 4.78 is 19.8. The zero-order valence-electron chi connectivity index (χ0n) is 19.1. The van der Waals surface area contributed by atoms with Gasteiger partial charge >= 0.3 is 0 Å². The first-order valence-electron chi connectivity index (χ1n) is 11.1. The van der Waals surface area contributed by atoms with Crippen molar-refractivity contribution >= 4 is 28.5 Å². The number of rotatable bonds is 4. The average Bonchev–Trinajstić information content (AvgIpc) is 3.51. The van der Waals surface area contributed by atoms with Crippen molar-refractivity contribution in [2.24, 2.45) is 0 Å². The van der Waals surface area contributed by atoms with Gasteiger partial charge in [-0.25, -0.2) is 4.39 Å². The molecule has 2 aromatic carbocycles. The number of H-pyrrole nitrogens is 1. The monoisotopic (exact) mass is 475 g/mol. The maximum absolute atomic E-state index is 14.8. The number of amides is 2. The molecule has 5 rings (SSSR count). The Kier molecular flexibility index (Phi) is 5.64. The number of ketones is 1. The van der Waals surface area contributed by atoms with Crippen molar-refractivity contribution in [2.75, 3.05) is 19.6 Å². The molecule has 3 heterocycles. The van der Waals surface area contributed by atoms with E-state index in [0.717, 1.165) is 0 Å². The summed E-state index contributed by atoms with van der Waals surface area (Å²) in [6, 6.07) is 11.2. The molecule has 0 bridgehead atoms. The summed E-state index contributed by atoms with van der Waals surface area (Å²) in [6.07, 6.45) is 1.32. The fourth-order valence-corrected chi connectivity index (χ4v) is 4.43. The number of carbonyl (C=O) groups excluding carboxylic acids is 3. The Morgan fingerprint density at radius 1 is 1.11 bits per heavy atom. The molecular weight excluding hydrogens is 453 g/mol. The Hall–Kier alpha value is -4.34. The number of carbonyl (C=O) groups is 3. The van der Waals surface area contributed by atoms with Crippen LogP contribution in [0.4, 0.5) is 4.39 Å². The van der Waals surface area contributed by atoms with Gasteiger partial charge in [-0.15, -0.1) is 0 Å². The lowest BCUT2D eigenvalue weighted by Gasteiger charge is -2.39. The molecule has 0 saturated carbocycles. The number of Topliss-reactive ketones (excluding diaryl/α,β-unsaturated/α-hetero) is 1. The molecule has 1 N–H and O–H groups in total. The fourth-order valence-electron chi connectivity index (χ4n) is 4.43. The Labute approximate surface area is 199 Å². The number of hydrogen-bond donors (Lipinski definition) is 1. The zero-order chi connectivity index (χ0) is 24.7. The number of nitrogens with zero attached hydrogens (tertiary/aromatic N) is 4. The lowest BCUT2D eigenvalue weighted by atomic mass is 10.0. The highest BCUT2D eigenvalue weighted by Crippen LogP contribution is 2.31. The minimum Gasteiger partial charge on any atom is -0.360 e. The molecule has 4 aromatic rings. The molecule has 0 spiro atoms. The third-order valence-corrected chi connectivity index (χ3v) is 6.19. The van der Waals surface area contributed by atoms with Crippen LogP contribution in [0.15, 0.2) is 53.2 Å². The number of aromatic nitrogens is 3. The van der Waals surface area contributed by atoms with Gasteiger partial charge in [0.05, 0.1) is 11.1 Å². The van der Waals surface area contributed by atoms with Crippen LogP contribution in [0.5, 0.6) is 0 Å². The molecule has 0 unspecified atom stereocenters. The third kappa shape index (κ3) is 3.96. The van der Waals surface area contributed by atoms with E-state index in [1.807, 2.05) is 6.07 Å². The van der Waals surface area contributed by atoms with Crippen LogP contribution in [0.3, 0.4) is 0 Å². The van der Waals surface area contributed by atoms with Crippen molar-refractivity contribution in [3.63, 3.8) is 0 Å². The molecule has 1 fully saturated rings. The van der Waals surface area contributed by atoms with Crippen LogP contribution < -0.4 is 0 Å². The number of fused-ring (bicyclic) bond motifs is 1. The van der Waals surface area contributed by atoms with Gasteiger partial charge in [0.2, 0.25) is 11.7 Å². The van der Waals surface area contributed by atoms with E-state index in [-0.39, 0.29) is 41.8 Å². The molecule has 0 aliphatic carbocycles. The topological polar surface area (TPSA) is 112 Å². The summed E-state index contributed by atoms with van der Waals surface area (Å²) in [5.74, 6) is -1.76. The summed E-state index contributed by atoms with van der Waals surface area (Å²) in [5.41, 5.74) is 1.25. The highest BCUT2D eigenvalue weighted by molar-refractivity contribution is 6.45. The minimum absolute atomic E-state index is 0.00570. The summed E-state index contributed by atoms with van der Waals surface area (Å²) in [5, 5.41) is 3.86. The molecule has 0 radical (unpaired) electrons. The summed E-state index contributed by atoms with van der Waals surface area (Å²) >= 11 is 0. The van der Waals surface area contributed by atoms with E-state index < -0.39 is 17.5 Å². The van der Waals surface area contributed by atoms with E-state index >= 15 is 0 Å². The Morgan fingerprint density at radius 3 is 2.57 bits per heavy atom. The lowest BCUT2D eigenvalue weighted by Crippen LogP contribution is -2.56. The normalized spacial score (nSPS) is 16.0. The fraction of sp³-hybridized carbons (Fsp3) is 0.240. The van der Waals surface area contributed by atoms with Gasteiger partial charge < -0.3 is 19.3 Å². The van der Waals surface area contributed by atoms with Crippen molar-refractivity contribution in [2.45, 2.75) is 19.9 Å². The van der Waals surface area contributed by atoms with Crippen molar-refractivity contribution < 1.29 is 23.3 Å². The quantitative estimate of drug-likeness (QED) is 0.358. The zero-order valence-corrected chi connectivity index (χ0v) is 19.1. The molecular formula is C25H22FN5O4. The summed E-state index contributed by atoms with van der Waals surface area (Å²) in [4.78, 5) is 49.3. The van der Waals surface area contributed by atoms with Gasteiger partial charge in [-0.05, 0) is 31.2 Å². The molecule has 1 aliphatic heterocycles. The van der Waals surface area contributed by atoms with Crippen LogP contribution in [0.25, 0.3) is 22.3 Å². The predicted molar refractivity (Wildman–Crippen MR) is 124 cm³/mol. The van der Waals surface area contributed by atoms with E-state index in [1.54, 1.807) is 43.0 Å². The minimum atomic E-state index is -0.828. The van der Waals surface area contributed by atoms with E-state index in [2.05, 4.69) is 15.1 Å². The molecule has 1 saturated heterocycles. The smallest absolute Gasteiger partial charge is 0.295 e. The molecule has 2 amide bonds. The van der Waals surface area contributed by atoms with Crippen LogP contribution >= 0.6 is 0 Å². The van der Waals surface area contributed by atoms with Crippen LogP contribution in [0.1, 0.15) is 33.5 Å². The second kappa shape index (κ2) is 8.79. The second-order valence-electron chi connectivity index (χ2n) is 8.48. The van der Waals surface area contributed by atoms with E-state index in [4.69, 9.17) is 4.52 Å². The molecule has 35 heavy (non-hydrogen) atoms. The molecule has 9 nitrogen and oxygen atoms in total. The largest absolute Gasteiger partial charge is 0.360 e. The van der Waals surface area contributed by atoms with Gasteiger partial charge in [0.25, 0.3) is 17.6 Å². The number of halogens is 1. The number of aromatic amines is 1. The SMILES string of the molecule is Cc1nc(-c2ccc(F)c3c(C(=O)C(=O)N4CCN(C(=O)c5ccccc5)C[C@H]4C)c[nH]c23)no1. The molecule has 10 heteroatoms. The Balaban J connectivity index is 1.38. The lowest BCUT2D eigenvalue weighted by molar-refractivity contribution is -0.130. The van der Waals surface area contributed by atoms with E-state index in [1.165, 1.54) is 23.2 Å².